The molecule has 2 aromatic carbocycles. The van der Waals surface area contributed by atoms with E-state index in [0.29, 0.717) is 45.1 Å². The molecule has 0 spiro atoms. The predicted octanol–water partition coefficient (Wildman–Crippen LogP) is 2.80. The standard InChI is InChI=1S/C16H14N4O4.C15H13N5O4/c1-23-13-8-10(16(22)24-2)4-5-12(13)19-15(21)11-9-18-20-7-3-6-17-14(11)20;1-23-12-7-9(15(22)24-16)3-4-11(12)19-14(21)10-8-18-20-6-2-5-17-13(10)20/h3-9H,1-2H3,(H,19,21);2-8H,16H2,1H3,(H,19,21). The number of aromatic nitrogens is 6. The number of fused-ring (bicyclic) bond motifs is 2. The molecule has 0 fully saturated rings. The molecule has 0 aliphatic heterocycles. The minimum absolute atomic E-state index is 0.199. The second-order valence-electron chi connectivity index (χ2n) is 9.53. The normalized spacial score (nSPS) is 10.4. The van der Waals surface area contributed by atoms with Gasteiger partial charge in [0.15, 0.2) is 11.3 Å². The number of ether oxygens (including phenoxy) is 3. The van der Waals surface area contributed by atoms with Crippen molar-refractivity contribution in [2.45, 2.75) is 0 Å². The highest BCUT2D eigenvalue weighted by Gasteiger charge is 2.19. The molecular formula is C31H27N9O8. The van der Waals surface area contributed by atoms with Crippen LogP contribution in [0.15, 0.2) is 85.7 Å². The number of anilines is 2. The Hall–Kier alpha value is -6.88. The average molecular weight is 654 g/mol. The third kappa shape index (κ3) is 6.85. The van der Waals surface area contributed by atoms with Gasteiger partial charge in [0, 0.05) is 24.8 Å². The molecule has 2 amide bonds. The fourth-order valence-corrected chi connectivity index (χ4v) is 4.38. The summed E-state index contributed by atoms with van der Waals surface area (Å²) in [5, 5.41) is 13.6. The van der Waals surface area contributed by atoms with E-state index >= 15 is 0 Å². The molecule has 0 unspecified atom stereocenters. The highest BCUT2D eigenvalue weighted by Crippen LogP contribution is 2.28. The van der Waals surface area contributed by atoms with Gasteiger partial charge in [-0.25, -0.2) is 28.6 Å². The number of amides is 2. The molecular weight excluding hydrogens is 626 g/mol. The molecule has 4 N–H and O–H groups in total. The Morgan fingerprint density at radius 2 is 1.15 bits per heavy atom. The van der Waals surface area contributed by atoms with Crippen molar-refractivity contribution >= 4 is 46.4 Å². The van der Waals surface area contributed by atoms with Crippen LogP contribution in [0.4, 0.5) is 11.4 Å². The summed E-state index contributed by atoms with van der Waals surface area (Å²) < 4.78 is 18.1. The summed E-state index contributed by atoms with van der Waals surface area (Å²) in [5.41, 5.74) is 2.84. The number of hydrogen-bond acceptors (Lipinski definition) is 13. The molecule has 0 bridgehead atoms. The van der Waals surface area contributed by atoms with Gasteiger partial charge in [0.2, 0.25) is 0 Å². The molecule has 0 aliphatic carbocycles. The van der Waals surface area contributed by atoms with Gasteiger partial charge in [-0.3, -0.25) is 9.59 Å². The van der Waals surface area contributed by atoms with Crippen LogP contribution < -0.4 is 26.0 Å². The monoisotopic (exact) mass is 653 g/mol. The van der Waals surface area contributed by atoms with Crippen molar-refractivity contribution in [3.63, 3.8) is 0 Å². The summed E-state index contributed by atoms with van der Waals surface area (Å²) >= 11 is 0. The van der Waals surface area contributed by atoms with Gasteiger partial charge in [-0.15, -0.1) is 0 Å². The number of methoxy groups -OCH3 is 3. The quantitative estimate of drug-likeness (QED) is 0.159. The number of esters is 1. The first-order valence-electron chi connectivity index (χ1n) is 13.8. The van der Waals surface area contributed by atoms with Crippen LogP contribution in [0.3, 0.4) is 0 Å². The number of hydrogen-bond donors (Lipinski definition) is 3. The zero-order valence-electron chi connectivity index (χ0n) is 25.6. The number of benzene rings is 2. The fourth-order valence-electron chi connectivity index (χ4n) is 4.38. The van der Waals surface area contributed by atoms with Crippen molar-refractivity contribution in [3.05, 3.63) is 108 Å². The molecule has 0 saturated carbocycles. The van der Waals surface area contributed by atoms with E-state index in [9.17, 15) is 19.2 Å². The second-order valence-corrected chi connectivity index (χ2v) is 9.53. The summed E-state index contributed by atoms with van der Waals surface area (Å²) in [6, 6.07) is 12.4. The number of nitrogens with zero attached hydrogens (tertiary/aromatic N) is 6. The van der Waals surface area contributed by atoms with Crippen LogP contribution in [0, 0.1) is 0 Å². The van der Waals surface area contributed by atoms with Crippen LogP contribution in [0.5, 0.6) is 11.5 Å². The van der Waals surface area contributed by atoms with Crippen molar-refractivity contribution in [2.24, 2.45) is 5.90 Å². The van der Waals surface area contributed by atoms with Gasteiger partial charge in [-0.2, -0.15) is 16.1 Å². The first-order valence-corrected chi connectivity index (χ1v) is 13.8. The lowest BCUT2D eigenvalue weighted by Gasteiger charge is -2.11. The third-order valence-corrected chi connectivity index (χ3v) is 6.71. The summed E-state index contributed by atoms with van der Waals surface area (Å²) in [5.74, 6) is 3.50. The second kappa shape index (κ2) is 14.5. The number of rotatable bonds is 8. The molecule has 6 rings (SSSR count). The number of nitrogens with one attached hydrogen (secondary N) is 2. The maximum absolute atomic E-state index is 12.5. The van der Waals surface area contributed by atoms with Crippen molar-refractivity contribution in [2.75, 3.05) is 32.0 Å². The Morgan fingerprint density at radius 3 is 1.56 bits per heavy atom. The van der Waals surface area contributed by atoms with E-state index in [2.05, 4.69) is 40.4 Å². The molecule has 0 aliphatic rings. The Bertz CT molecular complexity index is 1990. The Kier molecular flexibility index (Phi) is 9.81. The zero-order valence-corrected chi connectivity index (χ0v) is 25.6. The lowest BCUT2D eigenvalue weighted by atomic mass is 10.2. The molecule has 4 aromatic heterocycles. The van der Waals surface area contributed by atoms with Gasteiger partial charge >= 0.3 is 11.9 Å². The molecule has 17 nitrogen and oxygen atoms in total. The Morgan fingerprint density at radius 1 is 0.688 bits per heavy atom. The van der Waals surface area contributed by atoms with Crippen molar-refractivity contribution in [1.29, 1.82) is 0 Å². The zero-order chi connectivity index (χ0) is 34.2. The number of nitrogens with two attached hydrogens (primary N) is 1. The summed E-state index contributed by atoms with van der Waals surface area (Å²) in [4.78, 5) is 60.4. The van der Waals surface area contributed by atoms with Gasteiger partial charge in [-0.1, -0.05) is 0 Å². The summed E-state index contributed by atoms with van der Waals surface area (Å²) in [6.07, 6.45) is 9.40. The van der Waals surface area contributed by atoms with E-state index in [1.807, 2.05) is 0 Å². The highest BCUT2D eigenvalue weighted by atomic mass is 16.7. The van der Waals surface area contributed by atoms with E-state index in [4.69, 9.17) is 15.4 Å². The molecule has 4 heterocycles. The molecule has 17 heteroatoms. The van der Waals surface area contributed by atoms with E-state index in [0.717, 1.165) is 0 Å². The van der Waals surface area contributed by atoms with Crippen LogP contribution in [0.25, 0.3) is 11.3 Å². The third-order valence-electron chi connectivity index (χ3n) is 6.71. The first-order chi connectivity index (χ1) is 23.3. The highest BCUT2D eigenvalue weighted by molar-refractivity contribution is 6.09. The average Bonchev–Trinajstić information content (AvgIpc) is 3.76. The van der Waals surface area contributed by atoms with Crippen molar-refractivity contribution < 1.29 is 38.2 Å². The van der Waals surface area contributed by atoms with E-state index in [1.54, 1.807) is 43.0 Å². The van der Waals surface area contributed by atoms with Gasteiger partial charge in [0.05, 0.1) is 56.2 Å². The SMILES string of the molecule is COC(=O)c1ccc(NC(=O)c2cnn3cccnc23)c(OC)c1.COc1cc(C(=O)ON)ccc1NC(=O)c1cnn2cccnc12. The van der Waals surface area contributed by atoms with Gasteiger partial charge in [0.25, 0.3) is 11.8 Å². The van der Waals surface area contributed by atoms with E-state index in [1.165, 1.54) is 73.1 Å². The topological polar surface area (TPSA) is 216 Å². The number of carbonyl (C=O) groups is 4. The minimum Gasteiger partial charge on any atom is -0.495 e. The molecule has 48 heavy (non-hydrogen) atoms. The largest absolute Gasteiger partial charge is 0.495 e. The molecule has 244 valence electrons. The molecule has 0 atom stereocenters. The van der Waals surface area contributed by atoms with E-state index < -0.39 is 17.8 Å². The van der Waals surface area contributed by atoms with Gasteiger partial charge in [-0.05, 0) is 48.5 Å². The van der Waals surface area contributed by atoms with Crippen LogP contribution in [0.1, 0.15) is 41.4 Å². The van der Waals surface area contributed by atoms with Crippen molar-refractivity contribution in [3.8, 4) is 11.5 Å². The Balaban J connectivity index is 0.000000188. The summed E-state index contributed by atoms with van der Waals surface area (Å²) in [6.45, 7) is 0. The van der Waals surface area contributed by atoms with Crippen LogP contribution in [-0.2, 0) is 9.57 Å². The lowest BCUT2D eigenvalue weighted by Crippen LogP contribution is -2.14. The maximum atomic E-state index is 12.5. The van der Waals surface area contributed by atoms with Crippen molar-refractivity contribution in [1.82, 2.24) is 29.2 Å². The Labute approximate surface area is 271 Å². The maximum Gasteiger partial charge on any atom is 0.356 e. The smallest absolute Gasteiger partial charge is 0.356 e. The van der Waals surface area contributed by atoms with Crippen LogP contribution >= 0.6 is 0 Å². The number of carbonyl (C=O) groups excluding carboxylic acids is 4. The van der Waals surface area contributed by atoms with Gasteiger partial charge in [0.1, 0.15) is 22.6 Å². The lowest BCUT2D eigenvalue weighted by molar-refractivity contribution is 0.0502. The van der Waals surface area contributed by atoms with E-state index in [-0.39, 0.29) is 17.2 Å². The summed E-state index contributed by atoms with van der Waals surface area (Å²) in [7, 11) is 4.16. The minimum atomic E-state index is -0.710. The molecule has 6 aromatic rings. The van der Waals surface area contributed by atoms with Crippen LogP contribution in [-0.4, -0.2) is 74.3 Å². The van der Waals surface area contributed by atoms with Gasteiger partial charge < -0.3 is 29.7 Å². The first kappa shape index (κ1) is 32.5. The van der Waals surface area contributed by atoms with Crippen LogP contribution in [0.2, 0.25) is 0 Å². The molecule has 0 saturated heterocycles. The fraction of sp³-hybridized carbons (Fsp3) is 0.0968. The molecule has 0 radical (unpaired) electrons. The predicted molar refractivity (Wildman–Crippen MR) is 169 cm³/mol.